The van der Waals surface area contributed by atoms with E-state index >= 15 is 0 Å². The fourth-order valence-electron chi connectivity index (χ4n) is 2.88. The summed E-state index contributed by atoms with van der Waals surface area (Å²) in [7, 11) is 1.64. The van der Waals surface area contributed by atoms with Crippen LogP contribution in [0.1, 0.15) is 25.6 Å². The van der Waals surface area contributed by atoms with Crippen LogP contribution in [-0.2, 0) is 4.79 Å². The van der Waals surface area contributed by atoms with Gasteiger partial charge in [-0.25, -0.2) is 4.98 Å². The number of methoxy groups -OCH3 is 1. The Balaban J connectivity index is 1.71. The molecule has 27 heavy (non-hydrogen) atoms. The van der Waals surface area contributed by atoms with E-state index in [4.69, 9.17) is 9.72 Å². The highest BCUT2D eigenvalue weighted by molar-refractivity contribution is 5.87. The van der Waals surface area contributed by atoms with E-state index in [2.05, 4.69) is 20.8 Å². The summed E-state index contributed by atoms with van der Waals surface area (Å²) in [6, 6.07) is 5.76. The van der Waals surface area contributed by atoms with E-state index in [1.807, 2.05) is 36.4 Å². The SMILES string of the molecule is C/C=C/C(=O)NCCCCNc1nc2cc(OC)ccc2n2c(C)nnc12. The number of fused-ring (bicyclic) bond motifs is 3. The maximum atomic E-state index is 11.4. The van der Waals surface area contributed by atoms with Crippen LogP contribution < -0.4 is 15.4 Å². The zero-order valence-electron chi connectivity index (χ0n) is 15.8. The van der Waals surface area contributed by atoms with Gasteiger partial charge in [0.2, 0.25) is 11.6 Å². The van der Waals surface area contributed by atoms with Gasteiger partial charge in [-0.2, -0.15) is 0 Å². The molecule has 0 fully saturated rings. The highest BCUT2D eigenvalue weighted by atomic mass is 16.5. The van der Waals surface area contributed by atoms with E-state index in [0.717, 1.165) is 42.0 Å². The molecule has 0 atom stereocenters. The number of aromatic nitrogens is 4. The second-order valence-electron chi connectivity index (χ2n) is 6.15. The summed E-state index contributed by atoms with van der Waals surface area (Å²) in [6.07, 6.45) is 5.02. The molecular weight excluding hydrogens is 344 g/mol. The smallest absolute Gasteiger partial charge is 0.243 e. The first kappa shape index (κ1) is 18.6. The molecule has 1 aromatic carbocycles. The first-order valence-corrected chi connectivity index (χ1v) is 8.98. The fourth-order valence-corrected chi connectivity index (χ4v) is 2.88. The Labute approximate surface area is 157 Å². The molecule has 0 spiro atoms. The molecular formula is C19H24N6O2. The third-order valence-corrected chi connectivity index (χ3v) is 4.21. The number of anilines is 1. The van der Waals surface area contributed by atoms with E-state index in [-0.39, 0.29) is 5.91 Å². The van der Waals surface area contributed by atoms with E-state index in [1.54, 1.807) is 13.2 Å². The number of unbranched alkanes of at least 4 members (excludes halogenated alkanes) is 1. The molecule has 1 amide bonds. The molecule has 0 aliphatic carbocycles. The van der Waals surface area contributed by atoms with Crippen molar-refractivity contribution < 1.29 is 9.53 Å². The molecule has 0 aliphatic heterocycles. The largest absolute Gasteiger partial charge is 0.497 e. The van der Waals surface area contributed by atoms with Crippen molar-refractivity contribution in [2.75, 3.05) is 25.5 Å². The lowest BCUT2D eigenvalue weighted by Gasteiger charge is -2.10. The Morgan fingerprint density at radius 3 is 2.85 bits per heavy atom. The summed E-state index contributed by atoms with van der Waals surface area (Å²) in [4.78, 5) is 16.1. The quantitative estimate of drug-likeness (QED) is 0.469. The van der Waals surface area contributed by atoms with Crippen molar-refractivity contribution in [1.82, 2.24) is 24.9 Å². The van der Waals surface area contributed by atoms with Gasteiger partial charge >= 0.3 is 0 Å². The molecule has 2 heterocycles. The molecule has 3 aromatic rings. The van der Waals surface area contributed by atoms with Crippen molar-refractivity contribution in [3.05, 3.63) is 36.2 Å². The highest BCUT2D eigenvalue weighted by Gasteiger charge is 2.13. The molecule has 0 bridgehead atoms. The zero-order chi connectivity index (χ0) is 19.2. The van der Waals surface area contributed by atoms with Crippen molar-refractivity contribution >= 4 is 28.4 Å². The van der Waals surface area contributed by atoms with Crippen LogP contribution in [0, 0.1) is 6.92 Å². The first-order chi connectivity index (χ1) is 13.1. The van der Waals surface area contributed by atoms with E-state index in [1.165, 1.54) is 6.08 Å². The van der Waals surface area contributed by atoms with E-state index in [0.29, 0.717) is 18.0 Å². The number of carbonyl (C=O) groups is 1. The van der Waals surface area contributed by atoms with Crippen LogP contribution in [0.3, 0.4) is 0 Å². The molecule has 8 heteroatoms. The average molecular weight is 368 g/mol. The summed E-state index contributed by atoms with van der Waals surface area (Å²) in [5.74, 6) is 2.19. The molecule has 0 unspecified atom stereocenters. The van der Waals surface area contributed by atoms with Gasteiger partial charge in [0.05, 0.1) is 18.1 Å². The summed E-state index contributed by atoms with van der Waals surface area (Å²) in [6.45, 7) is 5.11. The van der Waals surface area contributed by atoms with Crippen molar-refractivity contribution in [3.8, 4) is 5.75 Å². The zero-order valence-corrected chi connectivity index (χ0v) is 15.8. The number of hydrogen-bond donors (Lipinski definition) is 2. The number of nitrogens with one attached hydrogen (secondary N) is 2. The summed E-state index contributed by atoms with van der Waals surface area (Å²) < 4.78 is 7.30. The lowest BCUT2D eigenvalue weighted by atomic mass is 10.2. The van der Waals surface area contributed by atoms with Gasteiger partial charge in [-0.05, 0) is 44.9 Å². The van der Waals surface area contributed by atoms with Gasteiger partial charge in [0, 0.05) is 19.2 Å². The molecule has 142 valence electrons. The van der Waals surface area contributed by atoms with Gasteiger partial charge in [-0.1, -0.05) is 6.08 Å². The van der Waals surface area contributed by atoms with Crippen LogP contribution in [0.4, 0.5) is 5.82 Å². The summed E-state index contributed by atoms with van der Waals surface area (Å²) in [5.41, 5.74) is 2.45. The maximum Gasteiger partial charge on any atom is 0.243 e. The van der Waals surface area contributed by atoms with Gasteiger partial charge in [0.15, 0.2) is 5.82 Å². The van der Waals surface area contributed by atoms with E-state index in [9.17, 15) is 4.79 Å². The molecule has 0 saturated heterocycles. The van der Waals surface area contributed by atoms with Gasteiger partial charge in [-0.15, -0.1) is 10.2 Å². The third-order valence-electron chi connectivity index (χ3n) is 4.21. The lowest BCUT2D eigenvalue weighted by Crippen LogP contribution is -2.22. The molecule has 2 N–H and O–H groups in total. The van der Waals surface area contributed by atoms with Crippen LogP contribution in [0.15, 0.2) is 30.4 Å². The van der Waals surface area contributed by atoms with Crippen LogP contribution in [0.2, 0.25) is 0 Å². The maximum absolute atomic E-state index is 11.4. The van der Waals surface area contributed by atoms with E-state index < -0.39 is 0 Å². The van der Waals surface area contributed by atoms with Crippen LogP contribution in [0.25, 0.3) is 16.7 Å². The predicted octanol–water partition coefficient (Wildman–Crippen LogP) is 2.48. The number of hydrogen-bond acceptors (Lipinski definition) is 6. The molecule has 2 aromatic heterocycles. The third kappa shape index (κ3) is 4.16. The normalized spacial score (nSPS) is 11.4. The number of carbonyl (C=O) groups excluding carboxylic acids is 1. The minimum Gasteiger partial charge on any atom is -0.497 e. The number of ether oxygens (including phenoxy) is 1. The Kier molecular flexibility index (Phi) is 5.85. The number of rotatable bonds is 8. The van der Waals surface area contributed by atoms with Gasteiger partial charge in [0.1, 0.15) is 11.6 Å². The van der Waals surface area contributed by atoms with Gasteiger partial charge in [0.25, 0.3) is 0 Å². The number of nitrogens with zero attached hydrogens (tertiary/aromatic N) is 4. The molecule has 8 nitrogen and oxygen atoms in total. The van der Waals surface area contributed by atoms with Crippen LogP contribution >= 0.6 is 0 Å². The Morgan fingerprint density at radius 1 is 1.26 bits per heavy atom. The lowest BCUT2D eigenvalue weighted by molar-refractivity contribution is -0.116. The van der Waals surface area contributed by atoms with Gasteiger partial charge in [-0.3, -0.25) is 9.20 Å². The number of benzene rings is 1. The van der Waals surface area contributed by atoms with Crippen molar-refractivity contribution in [2.24, 2.45) is 0 Å². The second-order valence-corrected chi connectivity index (χ2v) is 6.15. The minimum absolute atomic E-state index is 0.0590. The van der Waals surface area contributed by atoms with Gasteiger partial charge < -0.3 is 15.4 Å². The number of allylic oxidation sites excluding steroid dienone is 1. The van der Waals surface area contributed by atoms with Crippen LogP contribution in [0.5, 0.6) is 5.75 Å². The molecule has 3 rings (SSSR count). The Bertz CT molecular complexity index is 979. The molecule has 0 saturated carbocycles. The number of aryl methyl sites for hydroxylation is 1. The summed E-state index contributed by atoms with van der Waals surface area (Å²) >= 11 is 0. The van der Waals surface area contributed by atoms with Crippen molar-refractivity contribution in [2.45, 2.75) is 26.7 Å². The van der Waals surface area contributed by atoms with Crippen molar-refractivity contribution in [1.29, 1.82) is 0 Å². The standard InChI is InChI=1S/C19H24N6O2/c1-4-7-17(26)20-10-5-6-11-21-18-19-24-23-13(2)25(19)16-9-8-14(27-3)12-15(16)22-18/h4,7-9,12H,5-6,10-11H2,1-3H3,(H,20,26)(H,21,22)/b7-4+. The first-order valence-electron chi connectivity index (χ1n) is 8.98. The van der Waals surface area contributed by atoms with Crippen molar-refractivity contribution in [3.63, 3.8) is 0 Å². The second kappa shape index (κ2) is 8.48. The average Bonchev–Trinajstić information content (AvgIpc) is 3.06. The Morgan fingerprint density at radius 2 is 2.07 bits per heavy atom. The predicted molar refractivity (Wildman–Crippen MR) is 105 cm³/mol. The summed E-state index contributed by atoms with van der Waals surface area (Å²) in [5, 5.41) is 14.6. The Hall–Kier alpha value is -3.16. The molecule has 0 radical (unpaired) electrons. The fraction of sp³-hybridized carbons (Fsp3) is 0.368. The van der Waals surface area contributed by atoms with Crippen LogP contribution in [-0.4, -0.2) is 45.7 Å². The highest BCUT2D eigenvalue weighted by Crippen LogP contribution is 2.24. The topological polar surface area (TPSA) is 93.4 Å². The molecule has 0 aliphatic rings. The number of amides is 1. The minimum atomic E-state index is -0.0590. The monoisotopic (exact) mass is 368 g/mol.